The van der Waals surface area contributed by atoms with E-state index in [1.54, 1.807) is 17.9 Å². The molecule has 40 heavy (non-hydrogen) atoms. The van der Waals surface area contributed by atoms with Crippen LogP contribution in [0.25, 0.3) is 17.0 Å². The Balaban J connectivity index is 1.64. The van der Waals surface area contributed by atoms with Gasteiger partial charge in [0.25, 0.3) is 5.91 Å². The Bertz CT molecular complexity index is 1440. The lowest BCUT2D eigenvalue weighted by atomic mass is 10.0. The number of nitrogens with one attached hydrogen (secondary N) is 3. The molecule has 2 aromatic carbocycles. The van der Waals surface area contributed by atoms with E-state index in [0.29, 0.717) is 42.5 Å². The molecule has 0 unspecified atom stereocenters. The summed E-state index contributed by atoms with van der Waals surface area (Å²) in [6.45, 7) is 8.19. The Hall–Kier alpha value is -4.73. The summed E-state index contributed by atoms with van der Waals surface area (Å²) in [6, 6.07) is 14.9. The van der Waals surface area contributed by atoms with Gasteiger partial charge in [0, 0.05) is 60.2 Å². The van der Waals surface area contributed by atoms with E-state index in [-0.39, 0.29) is 24.0 Å². The standard InChI is InChI=1S/C30H35N7O3/c1-19(38)37-13-12-26-25(17-37)29(33-23-10-8-20(9-11-23)22(15-31)16-32)35-28(34-26)21-6-5-7-24(14-21)40-18-27(39)36-30(2,3)4/h5-11,14-16,31H,12-13,17-18,32H2,1-4H3,(H,36,39)(H,33,34,35)/b22-16+,31-15?. The Kier molecular flexibility index (Phi) is 8.47. The zero-order valence-electron chi connectivity index (χ0n) is 23.2. The van der Waals surface area contributed by atoms with Crippen LogP contribution >= 0.6 is 0 Å². The molecule has 0 radical (unpaired) electrons. The van der Waals surface area contributed by atoms with Crippen LogP contribution in [0.15, 0.2) is 54.7 Å². The van der Waals surface area contributed by atoms with Gasteiger partial charge in [-0.25, -0.2) is 9.97 Å². The molecule has 208 valence electrons. The molecule has 5 N–H and O–H groups in total. The quantitative estimate of drug-likeness (QED) is 0.315. The Labute approximate surface area is 234 Å². The van der Waals surface area contributed by atoms with Crippen molar-refractivity contribution in [3.05, 3.63) is 71.6 Å². The Morgan fingerprint density at radius 1 is 1.15 bits per heavy atom. The van der Waals surface area contributed by atoms with Crippen LogP contribution in [0.1, 0.15) is 44.5 Å². The molecule has 1 aliphatic heterocycles. The van der Waals surface area contributed by atoms with Gasteiger partial charge in [0.1, 0.15) is 11.6 Å². The summed E-state index contributed by atoms with van der Waals surface area (Å²) in [6.07, 6.45) is 3.21. The van der Waals surface area contributed by atoms with E-state index in [1.165, 1.54) is 12.4 Å². The first-order valence-electron chi connectivity index (χ1n) is 13.1. The molecule has 0 fully saturated rings. The van der Waals surface area contributed by atoms with Crippen LogP contribution in [0, 0.1) is 5.41 Å². The highest BCUT2D eigenvalue weighted by Crippen LogP contribution is 2.31. The summed E-state index contributed by atoms with van der Waals surface area (Å²) >= 11 is 0. The number of benzene rings is 2. The van der Waals surface area contributed by atoms with Gasteiger partial charge in [-0.15, -0.1) is 0 Å². The molecule has 2 amide bonds. The van der Waals surface area contributed by atoms with Crippen LogP contribution in [0.3, 0.4) is 0 Å². The number of aromatic nitrogens is 2. The second-order valence-corrected chi connectivity index (χ2v) is 10.6. The van der Waals surface area contributed by atoms with Crippen LogP contribution < -0.4 is 21.1 Å². The molecule has 0 aliphatic carbocycles. The molecule has 0 spiro atoms. The molecule has 1 aliphatic rings. The predicted molar refractivity (Wildman–Crippen MR) is 156 cm³/mol. The first kappa shape index (κ1) is 28.3. The molecule has 0 atom stereocenters. The van der Waals surface area contributed by atoms with E-state index in [9.17, 15) is 9.59 Å². The molecule has 0 saturated heterocycles. The zero-order valence-corrected chi connectivity index (χ0v) is 23.2. The molecule has 1 aromatic heterocycles. The van der Waals surface area contributed by atoms with E-state index >= 15 is 0 Å². The van der Waals surface area contributed by atoms with Crippen LogP contribution in [0.2, 0.25) is 0 Å². The number of carbonyl (C=O) groups excluding carboxylic acids is 2. The van der Waals surface area contributed by atoms with E-state index < -0.39 is 0 Å². The predicted octanol–water partition coefficient (Wildman–Crippen LogP) is 4.03. The van der Waals surface area contributed by atoms with Crippen LogP contribution in [0.5, 0.6) is 5.75 Å². The van der Waals surface area contributed by atoms with Gasteiger partial charge < -0.3 is 31.4 Å². The Morgan fingerprint density at radius 3 is 2.55 bits per heavy atom. The number of allylic oxidation sites excluding steroid dienone is 1. The monoisotopic (exact) mass is 541 g/mol. The fraction of sp³-hybridized carbons (Fsp3) is 0.300. The smallest absolute Gasteiger partial charge is 0.258 e. The fourth-order valence-corrected chi connectivity index (χ4v) is 4.35. The summed E-state index contributed by atoms with van der Waals surface area (Å²) < 4.78 is 5.75. The number of amides is 2. The van der Waals surface area contributed by atoms with Gasteiger partial charge in [-0.1, -0.05) is 24.3 Å². The maximum absolute atomic E-state index is 12.2. The number of nitrogens with two attached hydrogens (primary N) is 1. The van der Waals surface area contributed by atoms with E-state index in [1.807, 2.05) is 63.2 Å². The number of carbonyl (C=O) groups is 2. The van der Waals surface area contributed by atoms with Crippen molar-refractivity contribution in [3.8, 4) is 17.1 Å². The molecule has 3 aromatic rings. The first-order valence-corrected chi connectivity index (χ1v) is 13.1. The third kappa shape index (κ3) is 7.02. The minimum atomic E-state index is -0.343. The molecular formula is C30H35N7O3. The largest absolute Gasteiger partial charge is 0.484 e. The minimum Gasteiger partial charge on any atom is -0.484 e. The number of hydrogen-bond acceptors (Lipinski definition) is 8. The molecular weight excluding hydrogens is 506 g/mol. The topological polar surface area (TPSA) is 146 Å². The molecule has 4 rings (SSSR count). The van der Waals surface area contributed by atoms with Gasteiger partial charge in [0.05, 0.1) is 12.2 Å². The van der Waals surface area contributed by atoms with Crippen molar-refractivity contribution < 1.29 is 14.3 Å². The molecule has 2 heterocycles. The van der Waals surface area contributed by atoms with Crippen LogP contribution in [-0.4, -0.2) is 51.6 Å². The van der Waals surface area contributed by atoms with E-state index in [4.69, 9.17) is 25.8 Å². The third-order valence-corrected chi connectivity index (χ3v) is 6.30. The molecule has 0 bridgehead atoms. The summed E-state index contributed by atoms with van der Waals surface area (Å²) in [5.41, 5.74) is 9.99. The van der Waals surface area contributed by atoms with Crippen molar-refractivity contribution in [2.75, 3.05) is 18.5 Å². The van der Waals surface area contributed by atoms with Crippen molar-refractivity contribution in [1.82, 2.24) is 20.2 Å². The lowest BCUT2D eigenvalue weighted by Gasteiger charge is -2.29. The fourth-order valence-electron chi connectivity index (χ4n) is 4.35. The number of anilines is 2. The zero-order chi connectivity index (χ0) is 28.9. The average molecular weight is 542 g/mol. The van der Waals surface area contributed by atoms with Crippen molar-refractivity contribution in [3.63, 3.8) is 0 Å². The SMILES string of the molecule is CC(=O)N1CCc2nc(-c3cccc(OCC(=O)NC(C)(C)C)c3)nc(Nc3ccc(/C(C=N)=C/N)cc3)c2C1. The van der Waals surface area contributed by atoms with Crippen LogP contribution in [0.4, 0.5) is 11.5 Å². The number of ether oxygens (including phenoxy) is 1. The van der Waals surface area contributed by atoms with Crippen molar-refractivity contribution in [2.24, 2.45) is 5.73 Å². The number of rotatable bonds is 8. The summed E-state index contributed by atoms with van der Waals surface area (Å²) in [5.74, 6) is 1.45. The van der Waals surface area contributed by atoms with Gasteiger partial charge in [0.2, 0.25) is 5.91 Å². The van der Waals surface area contributed by atoms with Crippen molar-refractivity contribution in [2.45, 2.75) is 46.2 Å². The normalized spacial score (nSPS) is 13.3. The van der Waals surface area contributed by atoms with Gasteiger partial charge in [-0.05, 0) is 50.6 Å². The van der Waals surface area contributed by atoms with E-state index in [2.05, 4.69) is 10.6 Å². The first-order chi connectivity index (χ1) is 19.1. The number of nitrogens with zero attached hydrogens (tertiary/aromatic N) is 3. The van der Waals surface area contributed by atoms with Gasteiger partial charge in [-0.3, -0.25) is 9.59 Å². The van der Waals surface area contributed by atoms with E-state index in [0.717, 1.165) is 28.1 Å². The van der Waals surface area contributed by atoms with Gasteiger partial charge >= 0.3 is 0 Å². The second-order valence-electron chi connectivity index (χ2n) is 10.6. The van der Waals surface area contributed by atoms with Gasteiger partial charge in [0.15, 0.2) is 12.4 Å². The Morgan fingerprint density at radius 2 is 1.90 bits per heavy atom. The number of fused-ring (bicyclic) bond motifs is 1. The average Bonchev–Trinajstić information content (AvgIpc) is 2.92. The highest BCUT2D eigenvalue weighted by Gasteiger charge is 2.24. The minimum absolute atomic E-state index is 0.00174. The number of hydrogen-bond donors (Lipinski definition) is 4. The second kappa shape index (κ2) is 12.0. The van der Waals surface area contributed by atoms with Gasteiger partial charge in [-0.2, -0.15) is 0 Å². The van der Waals surface area contributed by atoms with Crippen LogP contribution in [-0.2, 0) is 22.6 Å². The summed E-state index contributed by atoms with van der Waals surface area (Å²) in [5, 5.41) is 13.8. The highest BCUT2D eigenvalue weighted by molar-refractivity contribution is 6.08. The third-order valence-electron chi connectivity index (χ3n) is 6.30. The highest BCUT2D eigenvalue weighted by atomic mass is 16.5. The van der Waals surface area contributed by atoms with Crippen molar-refractivity contribution >= 4 is 35.1 Å². The molecule has 10 heteroatoms. The summed E-state index contributed by atoms with van der Waals surface area (Å²) in [4.78, 5) is 35.8. The lowest BCUT2D eigenvalue weighted by Crippen LogP contribution is -2.43. The molecule has 0 saturated carbocycles. The lowest BCUT2D eigenvalue weighted by molar-refractivity contribution is -0.129. The summed E-state index contributed by atoms with van der Waals surface area (Å²) in [7, 11) is 0. The molecule has 10 nitrogen and oxygen atoms in total. The maximum atomic E-state index is 12.2. The maximum Gasteiger partial charge on any atom is 0.258 e. The van der Waals surface area contributed by atoms with Crippen molar-refractivity contribution in [1.29, 1.82) is 5.41 Å².